The van der Waals surface area contributed by atoms with Gasteiger partial charge in [-0.05, 0) is 48.4 Å². The van der Waals surface area contributed by atoms with E-state index in [9.17, 15) is 18.0 Å². The summed E-state index contributed by atoms with van der Waals surface area (Å²) in [6, 6.07) is 8.18. The Morgan fingerprint density at radius 3 is 2.39 bits per heavy atom. The Morgan fingerprint density at radius 1 is 1.19 bits per heavy atom. The summed E-state index contributed by atoms with van der Waals surface area (Å²) in [5.41, 5.74) is -1.69. The first-order chi connectivity index (χ1) is 14.5. The van der Waals surface area contributed by atoms with E-state index >= 15 is 0 Å². The Hall–Kier alpha value is -2.58. The predicted octanol–water partition coefficient (Wildman–Crippen LogP) is 6.09. The minimum atomic E-state index is -4.79. The van der Waals surface area contributed by atoms with Crippen LogP contribution in [0, 0.1) is 6.92 Å². The van der Waals surface area contributed by atoms with E-state index in [0.717, 1.165) is 12.1 Å². The molecule has 1 unspecified atom stereocenters. The maximum atomic E-state index is 14.1. The summed E-state index contributed by atoms with van der Waals surface area (Å²) >= 11 is 11.8. The molecule has 0 saturated heterocycles. The maximum absolute atomic E-state index is 14.1. The summed E-state index contributed by atoms with van der Waals surface area (Å²) < 4.78 is 47.2. The van der Waals surface area contributed by atoms with Crippen molar-refractivity contribution in [2.45, 2.75) is 32.0 Å². The number of carbonyl (C=O) groups excluding carboxylic acids is 1. The molecule has 1 aliphatic heterocycles. The number of hydrogen-bond acceptors (Lipinski definition) is 4. The number of oxime groups is 1. The lowest BCUT2D eigenvalue weighted by Gasteiger charge is -2.29. The number of nitrogens with zero attached hydrogens (tertiary/aromatic N) is 2. The lowest BCUT2D eigenvalue weighted by atomic mass is 9.86. The van der Waals surface area contributed by atoms with Crippen molar-refractivity contribution in [1.29, 1.82) is 0 Å². The van der Waals surface area contributed by atoms with Gasteiger partial charge in [-0.1, -0.05) is 34.4 Å². The quantitative estimate of drug-likeness (QED) is 0.401. The van der Waals surface area contributed by atoms with Crippen molar-refractivity contribution in [3.8, 4) is 0 Å². The summed E-state index contributed by atoms with van der Waals surface area (Å²) in [5, 5.41) is 3.82. The molecule has 164 valence electrons. The zero-order chi connectivity index (χ0) is 23.0. The standard InChI is InChI=1S/C21H17Cl2F3N2O3/c1-11-6-13(4-5-17(11)19(29)27-12(2)30-3)18-10-20(31-28-18,21(24,25)26)14-7-15(22)9-16(23)8-14/h4-9H,10H2,1-3H3/b27-12+. The van der Waals surface area contributed by atoms with Crippen molar-refractivity contribution in [2.75, 3.05) is 7.11 Å². The van der Waals surface area contributed by atoms with Gasteiger partial charge in [0.05, 0.1) is 12.8 Å². The van der Waals surface area contributed by atoms with Gasteiger partial charge in [-0.15, -0.1) is 0 Å². The molecule has 2 aromatic carbocycles. The van der Waals surface area contributed by atoms with Crippen LogP contribution in [0.2, 0.25) is 10.0 Å². The van der Waals surface area contributed by atoms with E-state index in [1.165, 1.54) is 32.2 Å². The number of aliphatic imine (C=N–C) groups is 1. The fraction of sp³-hybridized carbons (Fsp3) is 0.286. The molecule has 0 bridgehead atoms. The van der Waals surface area contributed by atoms with Gasteiger partial charge in [0, 0.05) is 34.5 Å². The van der Waals surface area contributed by atoms with Gasteiger partial charge in [0.1, 0.15) is 0 Å². The van der Waals surface area contributed by atoms with Crippen molar-refractivity contribution in [1.82, 2.24) is 0 Å². The number of methoxy groups -OCH3 is 1. The molecule has 0 radical (unpaired) electrons. The summed E-state index contributed by atoms with van der Waals surface area (Å²) in [7, 11) is 1.39. The highest BCUT2D eigenvalue weighted by Crippen LogP contribution is 2.49. The number of benzene rings is 2. The van der Waals surface area contributed by atoms with Crippen LogP contribution in [0.3, 0.4) is 0 Å². The van der Waals surface area contributed by atoms with E-state index in [4.69, 9.17) is 32.8 Å². The molecular weight excluding hydrogens is 456 g/mol. The third-order valence-electron chi connectivity index (χ3n) is 4.86. The topological polar surface area (TPSA) is 60.2 Å². The van der Waals surface area contributed by atoms with E-state index in [0.29, 0.717) is 16.7 Å². The molecule has 5 nitrogen and oxygen atoms in total. The second kappa shape index (κ2) is 8.51. The molecule has 10 heteroatoms. The number of aryl methyl sites for hydroxylation is 1. The second-order valence-corrected chi connectivity index (χ2v) is 7.83. The fourth-order valence-corrected chi connectivity index (χ4v) is 3.70. The number of halogens is 5. The third kappa shape index (κ3) is 4.55. The lowest BCUT2D eigenvalue weighted by Crippen LogP contribution is -2.42. The largest absolute Gasteiger partial charge is 0.484 e. The van der Waals surface area contributed by atoms with Gasteiger partial charge in [0.15, 0.2) is 5.90 Å². The van der Waals surface area contributed by atoms with Crippen LogP contribution in [0.1, 0.15) is 40.4 Å². The predicted molar refractivity (Wildman–Crippen MR) is 112 cm³/mol. The average Bonchev–Trinajstić information content (AvgIpc) is 3.13. The number of hydrogen-bond donors (Lipinski definition) is 0. The third-order valence-corrected chi connectivity index (χ3v) is 5.30. The zero-order valence-corrected chi connectivity index (χ0v) is 18.2. The molecule has 0 spiro atoms. The molecule has 1 atom stereocenters. The number of carbonyl (C=O) groups is 1. The Bertz CT molecular complexity index is 1080. The normalized spacial score (nSPS) is 19.1. The van der Waals surface area contributed by atoms with Crippen molar-refractivity contribution in [3.05, 3.63) is 68.7 Å². The van der Waals surface area contributed by atoms with Crippen LogP contribution in [0.25, 0.3) is 0 Å². The van der Waals surface area contributed by atoms with Crippen molar-refractivity contribution in [2.24, 2.45) is 10.1 Å². The molecule has 1 aliphatic rings. The van der Waals surface area contributed by atoms with Crippen LogP contribution in [0.15, 0.2) is 46.5 Å². The van der Waals surface area contributed by atoms with E-state index < -0.39 is 24.1 Å². The first-order valence-corrected chi connectivity index (χ1v) is 9.75. The van der Waals surface area contributed by atoms with E-state index in [2.05, 4.69) is 10.1 Å². The van der Waals surface area contributed by atoms with E-state index in [1.54, 1.807) is 13.0 Å². The smallest absolute Gasteiger partial charge is 0.435 e. The van der Waals surface area contributed by atoms with Crippen LogP contribution in [-0.4, -0.2) is 30.8 Å². The highest BCUT2D eigenvalue weighted by Gasteiger charge is 2.62. The molecule has 0 saturated carbocycles. The first-order valence-electron chi connectivity index (χ1n) is 9.00. The van der Waals surface area contributed by atoms with E-state index in [1.807, 2.05) is 0 Å². The summed E-state index contributed by atoms with van der Waals surface area (Å²) in [5.74, 6) is -0.330. The molecule has 0 fully saturated rings. The minimum Gasteiger partial charge on any atom is -0.484 e. The Morgan fingerprint density at radius 2 is 1.84 bits per heavy atom. The first kappa shape index (κ1) is 23.1. The molecule has 1 amide bonds. The lowest BCUT2D eigenvalue weighted by molar-refractivity contribution is -0.275. The molecule has 0 aliphatic carbocycles. The summed E-state index contributed by atoms with van der Waals surface area (Å²) in [4.78, 5) is 21.0. The number of alkyl halides is 3. The van der Waals surface area contributed by atoms with Gasteiger partial charge in [0.2, 0.25) is 0 Å². The Balaban J connectivity index is 1.95. The van der Waals surface area contributed by atoms with Crippen LogP contribution < -0.4 is 0 Å². The van der Waals surface area contributed by atoms with Crippen LogP contribution in [0.4, 0.5) is 13.2 Å². The van der Waals surface area contributed by atoms with Crippen LogP contribution in [-0.2, 0) is 15.2 Å². The van der Waals surface area contributed by atoms with Crippen LogP contribution in [0.5, 0.6) is 0 Å². The number of ether oxygens (including phenoxy) is 1. The average molecular weight is 473 g/mol. The molecule has 1 heterocycles. The second-order valence-electron chi connectivity index (χ2n) is 6.96. The number of amides is 1. The Kier molecular flexibility index (Phi) is 6.34. The zero-order valence-electron chi connectivity index (χ0n) is 16.7. The van der Waals surface area contributed by atoms with Crippen molar-refractivity contribution in [3.63, 3.8) is 0 Å². The molecule has 31 heavy (non-hydrogen) atoms. The molecule has 0 N–H and O–H groups in total. The molecule has 2 aromatic rings. The van der Waals surface area contributed by atoms with E-state index in [-0.39, 0.29) is 27.2 Å². The van der Waals surface area contributed by atoms with Gasteiger partial charge in [-0.3, -0.25) is 4.79 Å². The van der Waals surface area contributed by atoms with Crippen LogP contribution >= 0.6 is 23.2 Å². The summed E-state index contributed by atoms with van der Waals surface area (Å²) in [6.07, 6.45) is -5.37. The van der Waals surface area contributed by atoms with Crippen molar-refractivity contribution >= 4 is 40.7 Å². The fourth-order valence-electron chi connectivity index (χ4n) is 3.18. The molecular formula is C21H17Cl2F3N2O3. The van der Waals surface area contributed by atoms with Gasteiger partial charge < -0.3 is 9.57 Å². The SMILES string of the molecule is CO/C(C)=N/C(=O)c1ccc(C2=NOC(c3cc(Cl)cc(Cl)c3)(C(F)(F)F)C2)cc1C. The Labute approximate surface area is 186 Å². The summed E-state index contributed by atoms with van der Waals surface area (Å²) in [6.45, 7) is 3.18. The monoisotopic (exact) mass is 472 g/mol. The van der Waals surface area contributed by atoms with Gasteiger partial charge in [-0.2, -0.15) is 18.2 Å². The van der Waals surface area contributed by atoms with Gasteiger partial charge >= 0.3 is 6.18 Å². The number of rotatable bonds is 3. The van der Waals surface area contributed by atoms with Gasteiger partial charge in [-0.25, -0.2) is 0 Å². The van der Waals surface area contributed by atoms with Gasteiger partial charge in [0.25, 0.3) is 11.5 Å². The minimum absolute atomic E-state index is 0.0498. The highest BCUT2D eigenvalue weighted by molar-refractivity contribution is 6.34. The maximum Gasteiger partial charge on any atom is 0.435 e. The molecule has 3 rings (SSSR count). The highest BCUT2D eigenvalue weighted by atomic mass is 35.5. The molecule has 0 aromatic heterocycles. The van der Waals surface area contributed by atoms with Crippen molar-refractivity contribution < 1.29 is 27.5 Å².